The minimum absolute atomic E-state index is 0.0617. The molecular weight excluding hydrogens is 428 g/mol. The summed E-state index contributed by atoms with van der Waals surface area (Å²) in [7, 11) is 1.18. The number of allylic oxidation sites excluding steroid dienone is 1. The number of phenols is 1. The second-order valence-corrected chi connectivity index (χ2v) is 8.71. The quantitative estimate of drug-likeness (QED) is 0.436. The van der Waals surface area contributed by atoms with Gasteiger partial charge in [-0.1, -0.05) is 24.3 Å². The maximum Gasteiger partial charge on any atom is 0.333 e. The van der Waals surface area contributed by atoms with Crippen LogP contribution in [0.3, 0.4) is 0 Å². The van der Waals surface area contributed by atoms with Crippen LogP contribution in [0.5, 0.6) is 5.75 Å². The molecule has 1 aromatic carbocycles. The van der Waals surface area contributed by atoms with Crippen molar-refractivity contribution in [2.75, 3.05) is 13.7 Å². The lowest BCUT2D eigenvalue weighted by Crippen LogP contribution is -2.49. The number of methoxy groups -OCH3 is 1. The molecular formula is C25H28O8. The first kappa shape index (κ1) is 24.4. The van der Waals surface area contributed by atoms with E-state index in [-0.39, 0.29) is 29.9 Å². The van der Waals surface area contributed by atoms with E-state index < -0.39 is 42.1 Å². The number of aliphatic hydroxyl groups excluding tert-OH is 2. The number of hydrogen-bond acceptors (Lipinski definition) is 8. The van der Waals surface area contributed by atoms with Gasteiger partial charge in [-0.25, -0.2) is 4.79 Å². The third-order valence-electron chi connectivity index (χ3n) is 6.35. The third-order valence-corrected chi connectivity index (χ3v) is 6.35. The number of ether oxygens (including phenoxy) is 2. The average Bonchev–Trinajstić information content (AvgIpc) is 3.06. The first-order chi connectivity index (χ1) is 15.5. The first-order valence-corrected chi connectivity index (χ1v) is 10.5. The van der Waals surface area contributed by atoms with Crippen LogP contribution in [-0.4, -0.2) is 58.5 Å². The van der Waals surface area contributed by atoms with Crippen molar-refractivity contribution in [3.05, 3.63) is 64.8 Å². The van der Waals surface area contributed by atoms with Crippen molar-refractivity contribution in [3.63, 3.8) is 0 Å². The Morgan fingerprint density at radius 3 is 2.45 bits per heavy atom. The fraction of sp³-hybridized carbons (Fsp3) is 0.400. The highest BCUT2D eigenvalue weighted by molar-refractivity contribution is 6.09. The predicted octanol–water partition coefficient (Wildman–Crippen LogP) is 1.78. The third kappa shape index (κ3) is 4.62. The monoisotopic (exact) mass is 456 g/mol. The van der Waals surface area contributed by atoms with Gasteiger partial charge in [0.2, 0.25) is 0 Å². The molecule has 0 unspecified atom stereocenters. The maximum absolute atomic E-state index is 12.9. The van der Waals surface area contributed by atoms with Gasteiger partial charge in [0.1, 0.15) is 11.4 Å². The Morgan fingerprint density at radius 2 is 1.88 bits per heavy atom. The number of ketones is 1. The Bertz CT molecular complexity index is 1050. The van der Waals surface area contributed by atoms with E-state index in [0.717, 1.165) is 0 Å². The summed E-state index contributed by atoms with van der Waals surface area (Å²) in [5.74, 6) is -3.63. The predicted molar refractivity (Wildman–Crippen MR) is 118 cm³/mol. The molecule has 0 saturated heterocycles. The van der Waals surface area contributed by atoms with Gasteiger partial charge in [-0.05, 0) is 43.2 Å². The minimum atomic E-state index is -1.43. The molecule has 1 aromatic rings. The van der Waals surface area contributed by atoms with Gasteiger partial charge < -0.3 is 24.8 Å². The van der Waals surface area contributed by atoms with Gasteiger partial charge in [0, 0.05) is 23.5 Å². The zero-order valence-electron chi connectivity index (χ0n) is 18.8. The molecule has 2 aliphatic rings. The second kappa shape index (κ2) is 9.33. The molecule has 33 heavy (non-hydrogen) atoms. The fourth-order valence-corrected chi connectivity index (χ4v) is 4.98. The molecule has 0 saturated carbocycles. The Morgan fingerprint density at radius 1 is 1.24 bits per heavy atom. The van der Waals surface area contributed by atoms with E-state index in [2.05, 4.69) is 6.58 Å². The van der Waals surface area contributed by atoms with Gasteiger partial charge in [-0.15, -0.1) is 0 Å². The Balaban J connectivity index is 2.02. The maximum atomic E-state index is 12.9. The van der Waals surface area contributed by atoms with Crippen LogP contribution in [0.2, 0.25) is 0 Å². The molecule has 0 bridgehead atoms. The molecule has 0 aliphatic heterocycles. The molecule has 0 heterocycles. The van der Waals surface area contributed by atoms with E-state index >= 15 is 0 Å². The number of esters is 2. The van der Waals surface area contributed by atoms with Gasteiger partial charge in [0.15, 0.2) is 5.78 Å². The molecule has 0 spiro atoms. The van der Waals surface area contributed by atoms with Gasteiger partial charge in [-0.2, -0.15) is 0 Å². The lowest BCUT2D eigenvalue weighted by Gasteiger charge is -2.40. The summed E-state index contributed by atoms with van der Waals surface area (Å²) in [6.07, 6.45) is -0.121. The summed E-state index contributed by atoms with van der Waals surface area (Å²) in [5.41, 5.74) is 0.309. The molecule has 8 nitrogen and oxygen atoms in total. The van der Waals surface area contributed by atoms with Crippen molar-refractivity contribution >= 4 is 17.7 Å². The van der Waals surface area contributed by atoms with Crippen molar-refractivity contribution in [1.29, 1.82) is 0 Å². The molecule has 4 atom stereocenters. The largest absolute Gasteiger partial charge is 0.508 e. The average molecular weight is 456 g/mol. The van der Waals surface area contributed by atoms with Crippen molar-refractivity contribution in [1.82, 2.24) is 0 Å². The summed E-state index contributed by atoms with van der Waals surface area (Å²) in [6.45, 7) is 6.65. The molecule has 0 radical (unpaired) electrons. The molecule has 3 rings (SSSR count). The highest BCUT2D eigenvalue weighted by Gasteiger charge is 2.53. The van der Waals surface area contributed by atoms with Crippen LogP contribution in [0, 0.1) is 11.8 Å². The van der Waals surface area contributed by atoms with Gasteiger partial charge in [0.25, 0.3) is 0 Å². The summed E-state index contributed by atoms with van der Waals surface area (Å²) in [6, 6.07) is 6.07. The van der Waals surface area contributed by atoms with E-state index in [1.165, 1.54) is 25.3 Å². The topological polar surface area (TPSA) is 130 Å². The zero-order valence-corrected chi connectivity index (χ0v) is 18.8. The Hall–Kier alpha value is -3.23. The highest BCUT2D eigenvalue weighted by Crippen LogP contribution is 2.48. The van der Waals surface area contributed by atoms with Crippen molar-refractivity contribution in [2.45, 2.75) is 38.4 Å². The standard InChI is InChI=1S/C25H28O8/c1-13-11-25(3,33-19(29)9-15-5-7-17(27)8-6-15)22(14(2)24(31)32-4)23(30)21-16(12-26)10-18(28)20(13)21/h5-8,10,21-23,26-27,30H,2,9,11-12H2,1,3-4H3/t21-,22-,23+,25-/m0/s1. The smallest absolute Gasteiger partial charge is 0.333 e. The summed E-state index contributed by atoms with van der Waals surface area (Å²) in [4.78, 5) is 38.0. The van der Waals surface area contributed by atoms with Crippen LogP contribution >= 0.6 is 0 Å². The van der Waals surface area contributed by atoms with Crippen LogP contribution in [0.15, 0.2) is 59.2 Å². The lowest BCUT2D eigenvalue weighted by molar-refractivity contribution is -0.168. The summed E-state index contributed by atoms with van der Waals surface area (Å²) in [5, 5.41) is 30.6. The number of phenolic OH excluding ortho intramolecular Hbond substituents is 1. The number of aliphatic hydroxyl groups is 2. The van der Waals surface area contributed by atoms with Crippen LogP contribution in [-0.2, 0) is 30.3 Å². The normalized spacial score (nSPS) is 26.9. The molecule has 0 fully saturated rings. The van der Waals surface area contributed by atoms with Crippen molar-refractivity contribution in [2.24, 2.45) is 11.8 Å². The number of fused-ring (bicyclic) bond motifs is 1. The lowest BCUT2D eigenvalue weighted by atomic mass is 9.74. The zero-order chi connectivity index (χ0) is 24.5. The number of carbonyl (C=O) groups is 3. The van der Waals surface area contributed by atoms with E-state index in [9.17, 15) is 29.7 Å². The second-order valence-electron chi connectivity index (χ2n) is 8.71. The molecule has 0 aromatic heterocycles. The number of hydrogen-bond donors (Lipinski definition) is 3. The Labute approximate surface area is 191 Å². The van der Waals surface area contributed by atoms with Crippen molar-refractivity contribution < 1.29 is 39.2 Å². The molecule has 176 valence electrons. The van der Waals surface area contributed by atoms with Gasteiger partial charge >= 0.3 is 11.9 Å². The van der Waals surface area contributed by atoms with Gasteiger partial charge in [-0.3, -0.25) is 9.59 Å². The number of aromatic hydroxyl groups is 1. The van der Waals surface area contributed by atoms with E-state index in [1.54, 1.807) is 26.0 Å². The van der Waals surface area contributed by atoms with E-state index in [4.69, 9.17) is 9.47 Å². The van der Waals surface area contributed by atoms with Crippen LogP contribution in [0.25, 0.3) is 0 Å². The minimum Gasteiger partial charge on any atom is -0.508 e. The first-order valence-electron chi connectivity index (χ1n) is 10.5. The summed E-state index contributed by atoms with van der Waals surface area (Å²) >= 11 is 0. The van der Waals surface area contributed by atoms with E-state index in [1.807, 2.05) is 0 Å². The van der Waals surface area contributed by atoms with Crippen LogP contribution in [0.1, 0.15) is 25.8 Å². The summed E-state index contributed by atoms with van der Waals surface area (Å²) < 4.78 is 10.7. The molecule has 8 heteroatoms. The van der Waals surface area contributed by atoms with Crippen LogP contribution < -0.4 is 0 Å². The van der Waals surface area contributed by atoms with Crippen LogP contribution in [0.4, 0.5) is 0 Å². The Kier molecular flexibility index (Phi) is 6.90. The number of carbonyl (C=O) groups excluding carboxylic acids is 3. The number of benzene rings is 1. The number of rotatable bonds is 6. The SMILES string of the molecule is C=C(C(=O)OC)[C@H]1[C@H](O)[C@H]2C(CO)=CC(=O)C2=C(C)C[C@]1(C)OC(=O)Cc1ccc(O)cc1. The molecule has 3 N–H and O–H groups in total. The highest BCUT2D eigenvalue weighted by atomic mass is 16.6. The van der Waals surface area contributed by atoms with Gasteiger partial charge in [0.05, 0.1) is 32.2 Å². The van der Waals surface area contributed by atoms with Crippen molar-refractivity contribution in [3.8, 4) is 5.75 Å². The van der Waals surface area contributed by atoms with E-state index in [0.29, 0.717) is 22.3 Å². The molecule has 0 amide bonds. The molecule has 2 aliphatic carbocycles. The fourth-order valence-electron chi connectivity index (χ4n) is 4.98.